The molecule has 5 heteroatoms. The van der Waals surface area contributed by atoms with Crippen LogP contribution < -0.4 is 0 Å². The Morgan fingerprint density at radius 1 is 1.50 bits per heavy atom. The Labute approximate surface area is 84.6 Å². The number of hydrogen-bond acceptors (Lipinski definition) is 4. The van der Waals surface area contributed by atoms with Crippen LogP contribution in [0.5, 0.6) is 0 Å². The first-order chi connectivity index (χ1) is 6.50. The molecule has 0 aliphatic rings. The molecule has 0 atom stereocenters. The summed E-state index contributed by atoms with van der Waals surface area (Å²) in [6.07, 6.45) is 0. The normalized spacial score (nSPS) is 11.2. The lowest BCUT2D eigenvalue weighted by Gasteiger charge is -2.11. The maximum absolute atomic E-state index is 13.2. The van der Waals surface area contributed by atoms with Gasteiger partial charge in [0.25, 0.3) is 0 Å². The van der Waals surface area contributed by atoms with Crippen LogP contribution in [-0.4, -0.2) is 19.0 Å². The summed E-state index contributed by atoms with van der Waals surface area (Å²) in [4.78, 5) is 1.85. The predicted molar refractivity (Wildman–Crippen MR) is 52.8 cm³/mol. The lowest BCUT2D eigenvalue weighted by molar-refractivity contribution is 0.401. The third kappa shape index (κ3) is 2.78. The van der Waals surface area contributed by atoms with Crippen molar-refractivity contribution in [3.8, 4) is 0 Å². The van der Waals surface area contributed by atoms with Crippen LogP contribution in [-0.2, 0) is 21.3 Å². The van der Waals surface area contributed by atoms with E-state index in [1.807, 2.05) is 19.0 Å². The van der Waals surface area contributed by atoms with Crippen molar-refractivity contribution in [1.82, 2.24) is 4.90 Å². The maximum atomic E-state index is 13.2. The molecule has 3 nitrogen and oxygen atoms in total. The molecule has 78 valence electrons. The van der Waals surface area contributed by atoms with E-state index >= 15 is 0 Å². The second-order valence-electron chi connectivity index (χ2n) is 3.27. The zero-order valence-corrected chi connectivity index (χ0v) is 8.90. The Morgan fingerprint density at radius 2 is 2.14 bits per heavy atom. The molecule has 0 amide bonds. The fourth-order valence-electron chi connectivity index (χ4n) is 1.16. The van der Waals surface area contributed by atoms with Crippen LogP contribution in [0.15, 0.2) is 23.1 Å². The molecule has 14 heavy (non-hydrogen) atoms. The van der Waals surface area contributed by atoms with Gasteiger partial charge in [0, 0.05) is 6.54 Å². The van der Waals surface area contributed by atoms with E-state index in [2.05, 4.69) is 0 Å². The Balaban J connectivity index is 3.00. The molecule has 0 bridgehead atoms. The first-order valence-corrected chi connectivity index (χ1v) is 5.22. The van der Waals surface area contributed by atoms with E-state index < -0.39 is 16.4 Å². The van der Waals surface area contributed by atoms with Gasteiger partial charge in [-0.15, -0.1) is 0 Å². The quantitative estimate of drug-likeness (QED) is 0.783. The molecule has 0 saturated heterocycles. The highest BCUT2D eigenvalue weighted by atomic mass is 32.2. The molecule has 0 aromatic heterocycles. The summed E-state index contributed by atoms with van der Waals surface area (Å²) in [7, 11) is 1.77. The summed E-state index contributed by atoms with van der Waals surface area (Å²) < 4.78 is 30.8. The SMILES string of the molecule is CN(C)Cc1ccc([S-](=N)=O)c(F)c1. The standard InChI is InChI=1S/C9H12FN2OS/c1-12(2)6-7-3-4-9(14(11)13)8(10)5-7/h3-5,11H,6H2,1-2H3/q-1. The second-order valence-corrected chi connectivity index (χ2v) is 4.25. The van der Waals surface area contributed by atoms with Gasteiger partial charge in [-0.2, -0.15) is 10.6 Å². The van der Waals surface area contributed by atoms with Crippen molar-refractivity contribution in [3.63, 3.8) is 0 Å². The van der Waals surface area contributed by atoms with Gasteiger partial charge in [0.15, 0.2) is 0 Å². The van der Waals surface area contributed by atoms with E-state index in [4.69, 9.17) is 4.78 Å². The summed E-state index contributed by atoms with van der Waals surface area (Å²) in [6, 6.07) is 4.41. The van der Waals surface area contributed by atoms with Gasteiger partial charge in [-0.25, -0.2) is 4.39 Å². The third-order valence-corrected chi connectivity index (χ3v) is 2.43. The van der Waals surface area contributed by atoms with Crippen molar-refractivity contribution in [2.75, 3.05) is 14.1 Å². The molecule has 1 rings (SSSR count). The smallest absolute Gasteiger partial charge is 0.108 e. The van der Waals surface area contributed by atoms with E-state index in [-0.39, 0.29) is 4.90 Å². The lowest BCUT2D eigenvalue weighted by atomic mass is 10.2. The highest BCUT2D eigenvalue weighted by Crippen LogP contribution is 2.12. The molecule has 0 radical (unpaired) electrons. The first-order valence-electron chi connectivity index (χ1n) is 4.07. The van der Waals surface area contributed by atoms with Gasteiger partial charge in [0.1, 0.15) is 5.82 Å². The minimum atomic E-state index is -2.00. The second kappa shape index (κ2) is 4.52. The van der Waals surface area contributed by atoms with Crippen LogP contribution in [0, 0.1) is 10.6 Å². The molecule has 1 N–H and O–H groups in total. The molecule has 0 aliphatic carbocycles. The van der Waals surface area contributed by atoms with E-state index in [1.54, 1.807) is 6.07 Å². The molecule has 0 unspecified atom stereocenters. The van der Waals surface area contributed by atoms with Gasteiger partial charge in [-0.1, -0.05) is 17.0 Å². The average molecular weight is 215 g/mol. The topological polar surface area (TPSA) is 44.2 Å². The number of rotatable bonds is 3. The Bertz CT molecular complexity index is 394. The molecule has 0 fully saturated rings. The van der Waals surface area contributed by atoms with Crippen molar-refractivity contribution in [2.24, 2.45) is 0 Å². The summed E-state index contributed by atoms with van der Waals surface area (Å²) in [6.45, 7) is 0.627. The monoisotopic (exact) mass is 215 g/mol. The number of nitrogens with zero attached hydrogens (tertiary/aromatic N) is 1. The Morgan fingerprint density at radius 3 is 2.57 bits per heavy atom. The predicted octanol–water partition coefficient (Wildman–Crippen LogP) is 1.97. The highest BCUT2D eigenvalue weighted by Gasteiger charge is 1.99. The number of hydrogen-bond donors (Lipinski definition) is 1. The molecule has 0 spiro atoms. The molecule has 0 saturated carbocycles. The van der Waals surface area contributed by atoms with Gasteiger partial charge in [-0.05, 0) is 25.7 Å². The Hall–Kier alpha value is -0.940. The fraction of sp³-hybridized carbons (Fsp3) is 0.333. The molecular weight excluding hydrogens is 203 g/mol. The summed E-state index contributed by atoms with van der Waals surface area (Å²) in [5, 5.41) is 0. The van der Waals surface area contributed by atoms with E-state index in [1.165, 1.54) is 12.1 Å². The molecular formula is C9H12FN2OS-. The van der Waals surface area contributed by atoms with Gasteiger partial charge >= 0.3 is 0 Å². The number of halogens is 1. The van der Waals surface area contributed by atoms with Crippen molar-refractivity contribution in [1.29, 1.82) is 4.78 Å². The minimum absolute atomic E-state index is 0.0625. The van der Waals surface area contributed by atoms with E-state index in [9.17, 15) is 8.60 Å². The zero-order valence-electron chi connectivity index (χ0n) is 8.08. The summed E-state index contributed by atoms with van der Waals surface area (Å²) in [5.41, 5.74) is 0.807. The molecule has 0 aliphatic heterocycles. The van der Waals surface area contributed by atoms with Crippen LogP contribution in [0.1, 0.15) is 5.56 Å². The van der Waals surface area contributed by atoms with Crippen molar-refractivity contribution in [3.05, 3.63) is 29.6 Å². The Kier molecular flexibility index (Phi) is 3.60. The summed E-state index contributed by atoms with van der Waals surface area (Å²) >= 11 is 0. The number of nitrogens with one attached hydrogen (secondary N) is 1. The largest absolute Gasteiger partial charge is 0.440 e. The highest BCUT2D eigenvalue weighted by molar-refractivity contribution is 7.73. The summed E-state index contributed by atoms with van der Waals surface area (Å²) in [5.74, 6) is -0.572. The van der Waals surface area contributed by atoms with Crippen molar-refractivity contribution >= 4 is 10.6 Å². The van der Waals surface area contributed by atoms with Gasteiger partial charge in [0.05, 0.1) is 0 Å². The van der Waals surface area contributed by atoms with Gasteiger partial charge in [0.2, 0.25) is 0 Å². The van der Waals surface area contributed by atoms with Gasteiger partial charge in [-0.3, -0.25) is 0 Å². The van der Waals surface area contributed by atoms with Gasteiger partial charge < -0.3 is 13.9 Å². The van der Waals surface area contributed by atoms with E-state index in [0.717, 1.165) is 5.56 Å². The lowest BCUT2D eigenvalue weighted by Crippen LogP contribution is -2.10. The number of benzene rings is 1. The molecule has 1 aromatic rings. The fourth-order valence-corrected chi connectivity index (χ4v) is 1.59. The van der Waals surface area contributed by atoms with Crippen LogP contribution in [0.25, 0.3) is 0 Å². The molecule has 1 aromatic carbocycles. The van der Waals surface area contributed by atoms with Crippen molar-refractivity contribution in [2.45, 2.75) is 11.4 Å². The zero-order chi connectivity index (χ0) is 10.7. The molecule has 0 heterocycles. The first kappa shape index (κ1) is 11.1. The van der Waals surface area contributed by atoms with Crippen LogP contribution in [0.3, 0.4) is 0 Å². The van der Waals surface area contributed by atoms with Crippen LogP contribution in [0.4, 0.5) is 4.39 Å². The van der Waals surface area contributed by atoms with Crippen molar-refractivity contribution < 1.29 is 8.60 Å². The maximum Gasteiger partial charge on any atom is 0.108 e. The van der Waals surface area contributed by atoms with Crippen LogP contribution >= 0.6 is 0 Å². The third-order valence-electron chi connectivity index (χ3n) is 1.69. The minimum Gasteiger partial charge on any atom is -0.440 e. The van der Waals surface area contributed by atoms with Crippen LogP contribution in [0.2, 0.25) is 0 Å². The average Bonchev–Trinajstić information content (AvgIpc) is 2.01. The van der Waals surface area contributed by atoms with E-state index in [0.29, 0.717) is 6.54 Å².